The van der Waals surface area contributed by atoms with E-state index in [4.69, 9.17) is 4.74 Å². The number of nitrogens with one attached hydrogen (secondary N) is 1. The summed E-state index contributed by atoms with van der Waals surface area (Å²) >= 11 is 0. The lowest BCUT2D eigenvalue weighted by Crippen LogP contribution is -2.24. The zero-order valence-corrected chi connectivity index (χ0v) is 9.81. The average Bonchev–Trinajstić information content (AvgIpc) is 3.02. The number of rotatable bonds is 5. The van der Waals surface area contributed by atoms with Gasteiger partial charge >= 0.3 is 0 Å². The van der Waals surface area contributed by atoms with Gasteiger partial charge in [-0.3, -0.25) is 0 Å². The molecule has 16 heavy (non-hydrogen) atoms. The Bertz CT molecular complexity index is 336. The number of benzene rings is 1. The minimum Gasteiger partial charge on any atom is -0.497 e. The maximum absolute atomic E-state index is 9.94. The first-order valence-electron chi connectivity index (χ1n) is 5.76. The Morgan fingerprint density at radius 1 is 1.44 bits per heavy atom. The minimum absolute atomic E-state index is 0.432. The number of aliphatic hydroxyl groups excluding tert-OH is 1. The van der Waals surface area contributed by atoms with Crippen molar-refractivity contribution in [1.82, 2.24) is 5.32 Å². The first-order chi connectivity index (χ1) is 7.70. The quantitative estimate of drug-likeness (QED) is 0.795. The van der Waals surface area contributed by atoms with Crippen LogP contribution in [0, 0.1) is 5.92 Å². The summed E-state index contributed by atoms with van der Waals surface area (Å²) in [4.78, 5) is 0. The lowest BCUT2D eigenvalue weighted by molar-refractivity contribution is 0.173. The zero-order valence-electron chi connectivity index (χ0n) is 9.81. The molecule has 1 aromatic carbocycles. The van der Waals surface area contributed by atoms with Crippen molar-refractivity contribution >= 4 is 0 Å². The predicted octanol–water partition coefficient (Wildman–Crippen LogP) is 1.73. The number of ether oxygens (including phenoxy) is 1. The van der Waals surface area contributed by atoms with E-state index in [1.54, 1.807) is 7.11 Å². The molecule has 1 aliphatic rings. The van der Waals surface area contributed by atoms with Gasteiger partial charge in [-0.2, -0.15) is 0 Å². The van der Waals surface area contributed by atoms with E-state index in [-0.39, 0.29) is 0 Å². The molecule has 0 aromatic heterocycles. The fourth-order valence-electron chi connectivity index (χ4n) is 1.81. The van der Waals surface area contributed by atoms with E-state index in [1.165, 1.54) is 6.42 Å². The smallest absolute Gasteiger partial charge is 0.118 e. The van der Waals surface area contributed by atoms with Crippen LogP contribution in [0.25, 0.3) is 0 Å². The van der Waals surface area contributed by atoms with Crippen LogP contribution in [-0.2, 0) is 0 Å². The van der Waals surface area contributed by atoms with Gasteiger partial charge in [-0.25, -0.2) is 0 Å². The van der Waals surface area contributed by atoms with E-state index < -0.39 is 6.10 Å². The number of hydrogen-bond donors (Lipinski definition) is 2. The molecule has 1 aromatic rings. The molecule has 1 aliphatic carbocycles. The molecule has 2 N–H and O–H groups in total. The Balaban J connectivity index is 1.84. The first kappa shape index (κ1) is 11.4. The topological polar surface area (TPSA) is 41.5 Å². The number of hydrogen-bond acceptors (Lipinski definition) is 3. The van der Waals surface area contributed by atoms with Gasteiger partial charge in [-0.1, -0.05) is 19.1 Å². The van der Waals surface area contributed by atoms with Gasteiger partial charge in [-0.15, -0.1) is 0 Å². The molecular weight excluding hydrogens is 202 g/mol. The molecule has 0 heterocycles. The van der Waals surface area contributed by atoms with Crippen molar-refractivity contribution in [2.75, 3.05) is 13.7 Å². The van der Waals surface area contributed by atoms with Gasteiger partial charge in [0.15, 0.2) is 0 Å². The standard InChI is InChI=1S/C13H19NO2/c1-9-7-12(9)14-8-13(15)10-3-5-11(16-2)6-4-10/h3-6,9,12-15H,7-8H2,1-2H3. The maximum Gasteiger partial charge on any atom is 0.118 e. The summed E-state index contributed by atoms with van der Waals surface area (Å²) in [5.74, 6) is 1.59. The van der Waals surface area contributed by atoms with Crippen LogP contribution in [0.15, 0.2) is 24.3 Å². The van der Waals surface area contributed by atoms with Gasteiger partial charge in [0, 0.05) is 12.6 Å². The molecular formula is C13H19NO2. The second-order valence-corrected chi connectivity index (χ2v) is 4.52. The minimum atomic E-state index is -0.432. The van der Waals surface area contributed by atoms with E-state index in [9.17, 15) is 5.11 Å². The molecule has 1 saturated carbocycles. The van der Waals surface area contributed by atoms with Crippen molar-refractivity contribution in [2.45, 2.75) is 25.5 Å². The molecule has 0 spiro atoms. The highest BCUT2D eigenvalue weighted by molar-refractivity contribution is 5.28. The molecule has 3 heteroatoms. The van der Waals surface area contributed by atoms with Crippen LogP contribution in [-0.4, -0.2) is 24.8 Å². The third-order valence-electron chi connectivity index (χ3n) is 3.18. The summed E-state index contributed by atoms with van der Waals surface area (Å²) in [5, 5.41) is 13.3. The first-order valence-corrected chi connectivity index (χ1v) is 5.76. The van der Waals surface area contributed by atoms with Crippen molar-refractivity contribution in [3.05, 3.63) is 29.8 Å². The number of aliphatic hydroxyl groups is 1. The average molecular weight is 221 g/mol. The summed E-state index contributed by atoms with van der Waals surface area (Å²) in [7, 11) is 1.64. The van der Waals surface area contributed by atoms with Gasteiger partial charge in [0.2, 0.25) is 0 Å². The molecule has 0 aliphatic heterocycles. The Morgan fingerprint density at radius 3 is 2.56 bits per heavy atom. The van der Waals surface area contributed by atoms with E-state index in [2.05, 4.69) is 12.2 Å². The van der Waals surface area contributed by atoms with Gasteiger partial charge in [0.05, 0.1) is 13.2 Å². The Kier molecular flexibility index (Phi) is 3.46. The molecule has 0 bridgehead atoms. The van der Waals surface area contributed by atoms with Crippen molar-refractivity contribution in [3.63, 3.8) is 0 Å². The summed E-state index contributed by atoms with van der Waals surface area (Å²) in [6, 6.07) is 8.16. The Labute approximate surface area is 96.4 Å². The summed E-state index contributed by atoms with van der Waals surface area (Å²) in [6.45, 7) is 2.85. The fourth-order valence-corrected chi connectivity index (χ4v) is 1.81. The molecule has 3 unspecified atom stereocenters. The summed E-state index contributed by atoms with van der Waals surface area (Å²) in [5.41, 5.74) is 0.932. The summed E-state index contributed by atoms with van der Waals surface area (Å²) < 4.78 is 5.07. The summed E-state index contributed by atoms with van der Waals surface area (Å²) in [6.07, 6.45) is 0.800. The molecule has 0 amide bonds. The zero-order chi connectivity index (χ0) is 11.5. The van der Waals surface area contributed by atoms with Gasteiger partial charge in [0.25, 0.3) is 0 Å². The lowest BCUT2D eigenvalue weighted by atomic mass is 10.1. The van der Waals surface area contributed by atoms with Gasteiger partial charge < -0.3 is 15.2 Å². The van der Waals surface area contributed by atoms with Crippen molar-refractivity contribution in [3.8, 4) is 5.75 Å². The lowest BCUT2D eigenvalue weighted by Gasteiger charge is -2.12. The van der Waals surface area contributed by atoms with Crippen LogP contribution in [0.1, 0.15) is 25.0 Å². The highest BCUT2D eigenvalue weighted by Gasteiger charge is 2.32. The van der Waals surface area contributed by atoms with Gasteiger partial charge in [0.1, 0.15) is 5.75 Å². The van der Waals surface area contributed by atoms with Crippen LogP contribution < -0.4 is 10.1 Å². The second kappa shape index (κ2) is 4.85. The SMILES string of the molecule is COc1ccc(C(O)CNC2CC2C)cc1. The van der Waals surface area contributed by atoms with Crippen LogP contribution in [0.3, 0.4) is 0 Å². The maximum atomic E-state index is 9.94. The molecule has 0 saturated heterocycles. The second-order valence-electron chi connectivity index (χ2n) is 4.52. The predicted molar refractivity (Wildman–Crippen MR) is 63.5 cm³/mol. The number of methoxy groups -OCH3 is 1. The van der Waals surface area contributed by atoms with Gasteiger partial charge in [-0.05, 0) is 30.0 Å². The largest absolute Gasteiger partial charge is 0.497 e. The van der Waals surface area contributed by atoms with Crippen molar-refractivity contribution in [1.29, 1.82) is 0 Å². The molecule has 1 fully saturated rings. The van der Waals surface area contributed by atoms with Crippen molar-refractivity contribution in [2.24, 2.45) is 5.92 Å². The highest BCUT2D eigenvalue weighted by Crippen LogP contribution is 2.29. The molecule has 0 radical (unpaired) electrons. The third kappa shape index (κ3) is 2.74. The van der Waals surface area contributed by atoms with Crippen LogP contribution in [0.2, 0.25) is 0 Å². The molecule has 3 atom stereocenters. The third-order valence-corrected chi connectivity index (χ3v) is 3.18. The van der Waals surface area contributed by atoms with Crippen LogP contribution in [0.4, 0.5) is 0 Å². The van der Waals surface area contributed by atoms with Crippen LogP contribution in [0.5, 0.6) is 5.75 Å². The van der Waals surface area contributed by atoms with E-state index >= 15 is 0 Å². The fraction of sp³-hybridized carbons (Fsp3) is 0.538. The van der Waals surface area contributed by atoms with Crippen LogP contribution >= 0.6 is 0 Å². The molecule has 88 valence electrons. The van der Waals surface area contributed by atoms with E-state index in [0.717, 1.165) is 17.2 Å². The van der Waals surface area contributed by atoms with E-state index in [1.807, 2.05) is 24.3 Å². The normalized spacial score (nSPS) is 25.2. The monoisotopic (exact) mass is 221 g/mol. The Hall–Kier alpha value is -1.06. The molecule has 2 rings (SSSR count). The Morgan fingerprint density at radius 2 is 2.06 bits per heavy atom. The van der Waals surface area contributed by atoms with Crippen molar-refractivity contribution < 1.29 is 9.84 Å². The van der Waals surface area contributed by atoms with E-state index in [0.29, 0.717) is 12.6 Å². The molecule has 3 nitrogen and oxygen atoms in total. The highest BCUT2D eigenvalue weighted by atomic mass is 16.5.